The van der Waals surface area contributed by atoms with Crippen LogP contribution in [0.3, 0.4) is 0 Å². The van der Waals surface area contributed by atoms with E-state index in [0.717, 1.165) is 30.6 Å². The van der Waals surface area contributed by atoms with E-state index in [1.807, 2.05) is 0 Å². The Morgan fingerprint density at radius 3 is 2.05 bits per heavy atom. The highest BCUT2D eigenvalue weighted by molar-refractivity contribution is 5.82. The first kappa shape index (κ1) is 14.5. The number of ether oxygens (including phenoxy) is 1. The number of methoxy groups -OCH3 is 1. The highest BCUT2D eigenvalue weighted by Gasteiger charge is 2.55. The Morgan fingerprint density at radius 2 is 1.59 bits per heavy atom. The third-order valence-corrected chi connectivity index (χ3v) is 6.54. The van der Waals surface area contributed by atoms with Crippen LogP contribution in [0.5, 0.6) is 0 Å². The summed E-state index contributed by atoms with van der Waals surface area (Å²) < 4.78 is 4.80. The zero-order valence-electron chi connectivity index (χ0n) is 13.6. The number of hydrogen-bond donors (Lipinski definition) is 0. The van der Waals surface area contributed by atoms with Crippen LogP contribution in [-0.4, -0.2) is 36.0 Å². The predicted octanol–water partition coefficient (Wildman–Crippen LogP) is 2.76. The number of esters is 1. The van der Waals surface area contributed by atoms with Crippen LogP contribution in [-0.2, 0) is 14.3 Å². The fraction of sp³-hybridized carbons (Fsp3) is 0.889. The molecule has 5 rings (SSSR count). The molecular formula is C18H27NO3. The molecule has 5 saturated carbocycles. The van der Waals surface area contributed by atoms with E-state index in [4.69, 9.17) is 4.74 Å². The van der Waals surface area contributed by atoms with E-state index in [9.17, 15) is 9.59 Å². The Morgan fingerprint density at radius 1 is 1.05 bits per heavy atom. The average Bonchev–Trinajstić information content (AvgIpc) is 3.29. The first-order valence-corrected chi connectivity index (χ1v) is 8.98. The first-order valence-electron chi connectivity index (χ1n) is 8.98. The Kier molecular flexibility index (Phi) is 3.46. The molecule has 22 heavy (non-hydrogen) atoms. The lowest BCUT2D eigenvalue weighted by Gasteiger charge is -2.60. The fourth-order valence-electron chi connectivity index (χ4n) is 5.83. The second kappa shape index (κ2) is 5.24. The van der Waals surface area contributed by atoms with Gasteiger partial charge in [0.15, 0.2) is 0 Å². The highest BCUT2D eigenvalue weighted by atomic mass is 16.5. The van der Waals surface area contributed by atoms with Gasteiger partial charge in [-0.1, -0.05) is 0 Å². The third kappa shape index (κ3) is 2.44. The van der Waals surface area contributed by atoms with Crippen LogP contribution < -0.4 is 0 Å². The Balaban J connectivity index is 1.56. The van der Waals surface area contributed by atoms with Gasteiger partial charge in [0.05, 0.1) is 13.5 Å². The summed E-state index contributed by atoms with van der Waals surface area (Å²) in [6.07, 6.45) is 10.1. The number of nitrogens with zero attached hydrogens (tertiary/aromatic N) is 1. The van der Waals surface area contributed by atoms with Gasteiger partial charge in [-0.3, -0.25) is 9.59 Å². The van der Waals surface area contributed by atoms with Crippen molar-refractivity contribution in [3.63, 3.8) is 0 Å². The summed E-state index contributed by atoms with van der Waals surface area (Å²) in [4.78, 5) is 26.6. The van der Waals surface area contributed by atoms with E-state index >= 15 is 0 Å². The van der Waals surface area contributed by atoms with Gasteiger partial charge in [-0.2, -0.15) is 0 Å². The zero-order chi connectivity index (χ0) is 15.3. The molecule has 0 radical (unpaired) electrons. The van der Waals surface area contributed by atoms with Gasteiger partial charge in [-0.25, -0.2) is 0 Å². The second-order valence-corrected chi connectivity index (χ2v) is 8.23. The van der Waals surface area contributed by atoms with Crippen LogP contribution in [0.4, 0.5) is 0 Å². The molecule has 0 spiro atoms. The van der Waals surface area contributed by atoms with Gasteiger partial charge in [-0.05, 0) is 69.1 Å². The molecule has 5 aliphatic rings. The van der Waals surface area contributed by atoms with Crippen molar-refractivity contribution in [3.8, 4) is 0 Å². The summed E-state index contributed by atoms with van der Waals surface area (Å²) in [7, 11) is 1.43. The van der Waals surface area contributed by atoms with Crippen molar-refractivity contribution in [2.75, 3.05) is 13.7 Å². The lowest BCUT2D eigenvalue weighted by Crippen LogP contribution is -2.62. The molecular weight excluding hydrogens is 278 g/mol. The highest BCUT2D eigenvalue weighted by Crippen LogP contribution is 2.58. The fourth-order valence-corrected chi connectivity index (χ4v) is 5.83. The maximum absolute atomic E-state index is 12.9. The van der Waals surface area contributed by atoms with Gasteiger partial charge < -0.3 is 9.64 Å². The van der Waals surface area contributed by atoms with E-state index in [1.54, 1.807) is 0 Å². The minimum Gasteiger partial charge on any atom is -0.469 e. The molecule has 5 aliphatic carbocycles. The molecule has 0 aliphatic heterocycles. The molecule has 0 N–H and O–H groups in total. The molecule has 4 nitrogen and oxygen atoms in total. The van der Waals surface area contributed by atoms with Gasteiger partial charge in [0.2, 0.25) is 5.91 Å². The number of hydrogen-bond acceptors (Lipinski definition) is 3. The summed E-state index contributed by atoms with van der Waals surface area (Å²) in [6.45, 7) is 0.564. The molecule has 0 aromatic rings. The summed E-state index contributed by atoms with van der Waals surface area (Å²) in [6, 6.07) is 0. The lowest BCUT2D eigenvalue weighted by molar-refractivity contribution is -0.154. The molecule has 0 heterocycles. The summed E-state index contributed by atoms with van der Waals surface area (Å²) >= 11 is 0. The predicted molar refractivity (Wildman–Crippen MR) is 82.0 cm³/mol. The topological polar surface area (TPSA) is 46.6 Å². The van der Waals surface area contributed by atoms with E-state index in [2.05, 4.69) is 4.90 Å². The quantitative estimate of drug-likeness (QED) is 0.734. The van der Waals surface area contributed by atoms with Crippen molar-refractivity contribution in [1.82, 2.24) is 4.90 Å². The minimum atomic E-state index is -0.196. The molecule has 0 aromatic carbocycles. The van der Waals surface area contributed by atoms with Gasteiger partial charge in [0.25, 0.3) is 0 Å². The molecule has 5 fully saturated rings. The maximum Gasteiger partial charge on any atom is 0.307 e. The number of rotatable bonds is 5. The monoisotopic (exact) mass is 305 g/mol. The molecule has 0 atom stereocenters. The van der Waals surface area contributed by atoms with Crippen molar-refractivity contribution in [1.29, 1.82) is 0 Å². The lowest BCUT2D eigenvalue weighted by atomic mass is 9.52. The molecule has 122 valence electrons. The van der Waals surface area contributed by atoms with Crippen LogP contribution in [0.1, 0.15) is 57.8 Å². The van der Waals surface area contributed by atoms with Gasteiger partial charge in [0, 0.05) is 18.0 Å². The number of carbonyl (C=O) groups excluding carboxylic acids is 2. The second-order valence-electron chi connectivity index (χ2n) is 8.23. The van der Waals surface area contributed by atoms with Gasteiger partial charge >= 0.3 is 5.97 Å². The van der Waals surface area contributed by atoms with E-state index < -0.39 is 0 Å². The third-order valence-electron chi connectivity index (χ3n) is 6.54. The van der Waals surface area contributed by atoms with Crippen molar-refractivity contribution >= 4 is 11.9 Å². The van der Waals surface area contributed by atoms with Crippen LogP contribution in [0, 0.1) is 23.7 Å². The Labute approximate surface area is 132 Å². The van der Waals surface area contributed by atoms with Crippen LogP contribution in [0.25, 0.3) is 0 Å². The number of carbonyl (C=O) groups is 2. The maximum atomic E-state index is 12.9. The van der Waals surface area contributed by atoms with Crippen molar-refractivity contribution in [2.45, 2.75) is 63.3 Å². The first-order chi connectivity index (χ1) is 10.6. The molecule has 1 amide bonds. The van der Waals surface area contributed by atoms with Crippen LogP contribution in [0.15, 0.2) is 0 Å². The molecule has 0 saturated heterocycles. The van der Waals surface area contributed by atoms with E-state index in [0.29, 0.717) is 18.9 Å². The van der Waals surface area contributed by atoms with Crippen molar-refractivity contribution in [3.05, 3.63) is 0 Å². The summed E-state index contributed by atoms with van der Waals surface area (Å²) in [5, 5.41) is 0. The van der Waals surface area contributed by atoms with Crippen molar-refractivity contribution < 1.29 is 14.3 Å². The van der Waals surface area contributed by atoms with Crippen LogP contribution >= 0.6 is 0 Å². The molecule has 4 heteroatoms. The molecule has 0 aromatic heterocycles. The zero-order valence-corrected chi connectivity index (χ0v) is 13.6. The van der Waals surface area contributed by atoms with E-state index in [1.165, 1.54) is 45.6 Å². The SMILES string of the molecule is COC(=O)CCN(C(=O)C1CC1)C12CC3CC(CC(C3)C1)C2. The summed E-state index contributed by atoms with van der Waals surface area (Å²) in [5.41, 5.74) is 0.0719. The largest absolute Gasteiger partial charge is 0.469 e. The van der Waals surface area contributed by atoms with Crippen molar-refractivity contribution in [2.24, 2.45) is 23.7 Å². The molecule has 4 bridgehead atoms. The van der Waals surface area contributed by atoms with E-state index in [-0.39, 0.29) is 17.4 Å². The Bertz CT molecular complexity index is 447. The standard InChI is InChI=1S/C18H27NO3/c1-22-16(20)4-5-19(17(21)15-2-3-15)18-9-12-6-13(10-18)8-14(7-12)11-18/h12-15H,2-11H2,1H3. The average molecular weight is 305 g/mol. The molecule has 0 unspecified atom stereocenters. The summed E-state index contributed by atoms with van der Waals surface area (Å²) in [5.74, 6) is 2.83. The Hall–Kier alpha value is -1.06. The smallest absolute Gasteiger partial charge is 0.307 e. The normalized spacial score (nSPS) is 38.9. The van der Waals surface area contributed by atoms with Crippen LogP contribution in [0.2, 0.25) is 0 Å². The minimum absolute atomic E-state index is 0.0719. The number of amides is 1. The van der Waals surface area contributed by atoms with Gasteiger partial charge in [-0.15, -0.1) is 0 Å². The van der Waals surface area contributed by atoms with Gasteiger partial charge in [0.1, 0.15) is 0 Å².